The molecule has 0 atom stereocenters. The molecule has 0 aliphatic heterocycles. The fourth-order valence-corrected chi connectivity index (χ4v) is 2.02. The van der Waals surface area contributed by atoms with Crippen LogP contribution in [0.3, 0.4) is 0 Å². The smallest absolute Gasteiger partial charge is 0.251 e. The Labute approximate surface area is 131 Å². The number of anilines is 1. The van der Waals surface area contributed by atoms with Crippen molar-refractivity contribution in [3.63, 3.8) is 0 Å². The van der Waals surface area contributed by atoms with Gasteiger partial charge in [0.2, 0.25) is 0 Å². The van der Waals surface area contributed by atoms with Gasteiger partial charge in [-0.2, -0.15) is 0 Å². The number of benzene rings is 2. The molecular weight excluding hydrogens is 276 g/mol. The van der Waals surface area contributed by atoms with Crippen LogP contribution >= 0.6 is 0 Å². The van der Waals surface area contributed by atoms with Crippen LogP contribution in [0.1, 0.15) is 34.8 Å². The second-order valence-corrected chi connectivity index (χ2v) is 5.27. The SMILES string of the molecule is CCCOc1ccc(C(=O)NCc2ccc(C)cc2)cc1N. The van der Waals surface area contributed by atoms with Gasteiger partial charge in [-0.15, -0.1) is 0 Å². The zero-order valence-corrected chi connectivity index (χ0v) is 13.1. The van der Waals surface area contributed by atoms with Gasteiger partial charge in [-0.3, -0.25) is 4.79 Å². The number of rotatable bonds is 6. The van der Waals surface area contributed by atoms with Crippen LogP contribution in [0.5, 0.6) is 5.75 Å². The molecular formula is C18H22N2O2. The van der Waals surface area contributed by atoms with E-state index in [0.29, 0.717) is 30.2 Å². The first kappa shape index (κ1) is 15.9. The lowest BCUT2D eigenvalue weighted by Crippen LogP contribution is -2.22. The van der Waals surface area contributed by atoms with E-state index in [1.54, 1.807) is 18.2 Å². The molecule has 0 saturated carbocycles. The van der Waals surface area contributed by atoms with Crippen LogP contribution < -0.4 is 15.8 Å². The molecule has 1 amide bonds. The highest BCUT2D eigenvalue weighted by molar-refractivity contribution is 5.95. The molecule has 2 aromatic rings. The highest BCUT2D eigenvalue weighted by atomic mass is 16.5. The molecule has 4 nitrogen and oxygen atoms in total. The Morgan fingerprint density at radius 2 is 1.91 bits per heavy atom. The van der Waals surface area contributed by atoms with Gasteiger partial charge in [0.1, 0.15) is 5.75 Å². The Bertz CT molecular complexity index is 636. The van der Waals surface area contributed by atoms with E-state index in [9.17, 15) is 4.79 Å². The Hall–Kier alpha value is -2.49. The number of hydrogen-bond acceptors (Lipinski definition) is 3. The van der Waals surface area contributed by atoms with Crippen molar-refractivity contribution >= 4 is 11.6 Å². The Morgan fingerprint density at radius 1 is 1.18 bits per heavy atom. The number of nitrogens with one attached hydrogen (secondary N) is 1. The number of nitrogen functional groups attached to an aromatic ring is 1. The molecule has 0 saturated heterocycles. The van der Waals surface area contributed by atoms with Crippen molar-refractivity contribution in [3.05, 3.63) is 59.2 Å². The molecule has 0 fully saturated rings. The minimum atomic E-state index is -0.144. The number of carbonyl (C=O) groups is 1. The molecule has 0 bridgehead atoms. The third-order valence-electron chi connectivity index (χ3n) is 3.31. The topological polar surface area (TPSA) is 64.3 Å². The molecule has 4 heteroatoms. The zero-order chi connectivity index (χ0) is 15.9. The summed E-state index contributed by atoms with van der Waals surface area (Å²) >= 11 is 0. The number of amides is 1. The first-order valence-corrected chi connectivity index (χ1v) is 7.46. The molecule has 0 spiro atoms. The number of carbonyl (C=O) groups excluding carboxylic acids is 1. The average molecular weight is 298 g/mol. The standard InChI is InChI=1S/C18H22N2O2/c1-3-10-22-17-9-8-15(11-16(17)19)18(21)20-12-14-6-4-13(2)5-7-14/h4-9,11H,3,10,12,19H2,1-2H3,(H,20,21). The van der Waals surface area contributed by atoms with Gasteiger partial charge in [0.05, 0.1) is 12.3 Å². The first-order valence-electron chi connectivity index (χ1n) is 7.46. The number of aryl methyl sites for hydroxylation is 1. The molecule has 2 aromatic carbocycles. The Balaban J connectivity index is 1.97. The molecule has 3 N–H and O–H groups in total. The van der Waals surface area contributed by atoms with Crippen LogP contribution in [0.4, 0.5) is 5.69 Å². The van der Waals surface area contributed by atoms with E-state index >= 15 is 0 Å². The third kappa shape index (κ3) is 4.25. The highest BCUT2D eigenvalue weighted by Crippen LogP contribution is 2.22. The lowest BCUT2D eigenvalue weighted by atomic mass is 10.1. The molecule has 2 rings (SSSR count). The monoisotopic (exact) mass is 298 g/mol. The van der Waals surface area contributed by atoms with Crippen molar-refractivity contribution in [1.82, 2.24) is 5.32 Å². The fraction of sp³-hybridized carbons (Fsp3) is 0.278. The van der Waals surface area contributed by atoms with Gasteiger partial charge in [-0.05, 0) is 37.1 Å². The van der Waals surface area contributed by atoms with Crippen molar-refractivity contribution < 1.29 is 9.53 Å². The van der Waals surface area contributed by atoms with Crippen LogP contribution in [0.15, 0.2) is 42.5 Å². The van der Waals surface area contributed by atoms with Crippen molar-refractivity contribution in [2.75, 3.05) is 12.3 Å². The van der Waals surface area contributed by atoms with Crippen LogP contribution in [0, 0.1) is 6.92 Å². The van der Waals surface area contributed by atoms with E-state index in [-0.39, 0.29) is 5.91 Å². The second kappa shape index (κ2) is 7.50. The van der Waals surface area contributed by atoms with Crippen molar-refractivity contribution in [3.8, 4) is 5.75 Å². The summed E-state index contributed by atoms with van der Waals surface area (Å²) in [7, 11) is 0. The van der Waals surface area contributed by atoms with Gasteiger partial charge < -0.3 is 15.8 Å². The number of ether oxygens (including phenoxy) is 1. The lowest BCUT2D eigenvalue weighted by Gasteiger charge is -2.10. The Kier molecular flexibility index (Phi) is 5.42. The summed E-state index contributed by atoms with van der Waals surface area (Å²) in [6.07, 6.45) is 0.915. The molecule has 22 heavy (non-hydrogen) atoms. The van der Waals surface area contributed by atoms with Gasteiger partial charge in [-0.25, -0.2) is 0 Å². The van der Waals surface area contributed by atoms with Crippen molar-refractivity contribution in [2.24, 2.45) is 0 Å². The highest BCUT2D eigenvalue weighted by Gasteiger charge is 2.08. The largest absolute Gasteiger partial charge is 0.491 e. The first-order chi connectivity index (χ1) is 10.6. The van der Waals surface area contributed by atoms with E-state index in [0.717, 1.165) is 12.0 Å². The van der Waals surface area contributed by atoms with Crippen LogP contribution in [0.25, 0.3) is 0 Å². The van der Waals surface area contributed by atoms with Crippen LogP contribution in [-0.4, -0.2) is 12.5 Å². The second-order valence-electron chi connectivity index (χ2n) is 5.27. The quantitative estimate of drug-likeness (QED) is 0.804. The van der Waals surface area contributed by atoms with Gasteiger partial charge in [0.25, 0.3) is 5.91 Å². The van der Waals surface area contributed by atoms with Crippen LogP contribution in [0.2, 0.25) is 0 Å². The van der Waals surface area contributed by atoms with Gasteiger partial charge in [0, 0.05) is 12.1 Å². The molecule has 116 valence electrons. The summed E-state index contributed by atoms with van der Waals surface area (Å²) in [5.41, 5.74) is 9.20. The van der Waals surface area contributed by atoms with Crippen LogP contribution in [-0.2, 0) is 6.54 Å². The summed E-state index contributed by atoms with van der Waals surface area (Å²) in [4.78, 5) is 12.2. The molecule has 0 aliphatic carbocycles. The summed E-state index contributed by atoms with van der Waals surface area (Å²) in [6, 6.07) is 13.2. The van der Waals surface area contributed by atoms with E-state index < -0.39 is 0 Å². The minimum absolute atomic E-state index is 0.144. The molecule has 0 radical (unpaired) electrons. The maximum Gasteiger partial charge on any atom is 0.251 e. The number of hydrogen-bond donors (Lipinski definition) is 2. The predicted octanol–water partition coefficient (Wildman–Crippen LogP) is 3.30. The fourth-order valence-electron chi connectivity index (χ4n) is 2.02. The van der Waals surface area contributed by atoms with Crippen molar-refractivity contribution in [1.29, 1.82) is 0 Å². The summed E-state index contributed by atoms with van der Waals surface area (Å²) in [5, 5.41) is 2.89. The maximum atomic E-state index is 12.2. The normalized spacial score (nSPS) is 10.3. The van der Waals surface area contributed by atoms with Gasteiger partial charge in [0.15, 0.2) is 0 Å². The molecule has 0 heterocycles. The average Bonchev–Trinajstić information content (AvgIpc) is 2.53. The van der Waals surface area contributed by atoms with Gasteiger partial charge in [-0.1, -0.05) is 36.8 Å². The Morgan fingerprint density at radius 3 is 2.55 bits per heavy atom. The van der Waals surface area contributed by atoms with E-state index in [4.69, 9.17) is 10.5 Å². The minimum Gasteiger partial charge on any atom is -0.491 e. The summed E-state index contributed by atoms with van der Waals surface area (Å²) in [6.45, 7) is 5.17. The van der Waals surface area contributed by atoms with E-state index in [1.807, 2.05) is 38.1 Å². The van der Waals surface area contributed by atoms with E-state index in [2.05, 4.69) is 5.32 Å². The molecule has 0 aliphatic rings. The number of nitrogens with two attached hydrogens (primary N) is 1. The lowest BCUT2D eigenvalue weighted by molar-refractivity contribution is 0.0951. The molecule has 0 aromatic heterocycles. The molecule has 0 unspecified atom stereocenters. The summed E-state index contributed by atoms with van der Waals surface area (Å²) in [5.74, 6) is 0.478. The zero-order valence-electron chi connectivity index (χ0n) is 13.1. The summed E-state index contributed by atoms with van der Waals surface area (Å²) < 4.78 is 5.50. The predicted molar refractivity (Wildman–Crippen MR) is 89.0 cm³/mol. The van der Waals surface area contributed by atoms with Crippen molar-refractivity contribution in [2.45, 2.75) is 26.8 Å². The third-order valence-corrected chi connectivity index (χ3v) is 3.31. The maximum absolute atomic E-state index is 12.2. The van der Waals surface area contributed by atoms with E-state index in [1.165, 1.54) is 5.56 Å². The van der Waals surface area contributed by atoms with Gasteiger partial charge >= 0.3 is 0 Å².